The van der Waals surface area contributed by atoms with Gasteiger partial charge in [0.2, 0.25) is 5.75 Å². The number of rotatable bonds is 8. The van der Waals surface area contributed by atoms with Crippen molar-refractivity contribution in [1.29, 1.82) is 0 Å². The first-order valence-electron chi connectivity index (χ1n) is 10.6. The van der Waals surface area contributed by atoms with Crippen LogP contribution in [0.25, 0.3) is 6.08 Å². The molecule has 11 nitrogen and oxygen atoms in total. The van der Waals surface area contributed by atoms with Crippen LogP contribution in [-0.4, -0.2) is 27.5 Å². The van der Waals surface area contributed by atoms with Crippen LogP contribution in [0.15, 0.2) is 76.6 Å². The molecule has 0 bridgehead atoms. The summed E-state index contributed by atoms with van der Waals surface area (Å²) in [5.41, 5.74) is 0.437. The maximum atomic E-state index is 12.4. The molecule has 3 aromatic carbocycles. The van der Waals surface area contributed by atoms with E-state index in [1.807, 2.05) is 6.92 Å². The minimum Gasteiger partial charge on any atom is -0.494 e. The van der Waals surface area contributed by atoms with Crippen LogP contribution >= 0.6 is 11.8 Å². The number of nitrogens with one attached hydrogen (secondary N) is 1. The first-order chi connectivity index (χ1) is 17.3. The number of aliphatic imine (C=N–C) groups is 1. The highest BCUT2D eigenvalue weighted by molar-refractivity contribution is 8.18. The molecule has 3 aromatic rings. The topological polar surface area (TPSA) is 146 Å². The maximum Gasteiger partial charge on any atom is 0.318 e. The Balaban J connectivity index is 1.46. The quantitative estimate of drug-likeness (QED) is 0.236. The molecule has 0 aliphatic carbocycles. The van der Waals surface area contributed by atoms with Crippen molar-refractivity contribution in [3.8, 4) is 17.2 Å². The third-order valence-electron chi connectivity index (χ3n) is 4.78. The van der Waals surface area contributed by atoms with E-state index in [0.717, 1.165) is 17.9 Å². The maximum absolute atomic E-state index is 12.4. The summed E-state index contributed by atoms with van der Waals surface area (Å²) < 4.78 is 11.0. The first-order valence-corrected chi connectivity index (χ1v) is 11.4. The van der Waals surface area contributed by atoms with Gasteiger partial charge in [-0.15, -0.1) is 0 Å². The Labute approximate surface area is 208 Å². The van der Waals surface area contributed by atoms with Crippen LogP contribution in [0.4, 0.5) is 17.1 Å². The minimum atomic E-state index is -0.747. The molecule has 0 unspecified atom stereocenters. The van der Waals surface area contributed by atoms with Crippen LogP contribution in [-0.2, 0) is 4.79 Å². The smallest absolute Gasteiger partial charge is 0.318 e. The molecule has 1 aliphatic heterocycles. The van der Waals surface area contributed by atoms with Crippen molar-refractivity contribution >= 4 is 46.0 Å². The van der Waals surface area contributed by atoms with Crippen LogP contribution in [0.2, 0.25) is 0 Å². The zero-order valence-electron chi connectivity index (χ0n) is 18.7. The molecule has 1 amide bonds. The number of carbonyl (C=O) groups excluding carboxylic acids is 1. The van der Waals surface area contributed by atoms with E-state index in [1.165, 1.54) is 17.8 Å². The molecular weight excluding hydrogens is 488 g/mol. The number of benzene rings is 3. The van der Waals surface area contributed by atoms with Gasteiger partial charge in [-0.2, -0.15) is 0 Å². The molecule has 0 saturated carbocycles. The lowest BCUT2D eigenvalue weighted by molar-refractivity contribution is -0.394. The number of nitro benzene ring substituents is 2. The Hall–Kier alpha value is -4.71. The number of hydrogen-bond acceptors (Lipinski definition) is 9. The van der Waals surface area contributed by atoms with Gasteiger partial charge < -0.3 is 14.8 Å². The van der Waals surface area contributed by atoms with Crippen LogP contribution in [0, 0.1) is 20.2 Å². The van der Waals surface area contributed by atoms with Crippen molar-refractivity contribution in [2.75, 3.05) is 6.61 Å². The van der Waals surface area contributed by atoms with Gasteiger partial charge in [-0.1, -0.05) is 12.1 Å². The van der Waals surface area contributed by atoms with Gasteiger partial charge in [0.05, 0.1) is 33.1 Å². The SMILES string of the molecule is CCOc1ccc(N=C2NC(=O)C(=Cc3ccc(Oc4ccc([N+](=O)[O-])cc4[N+](=O)[O-])cc3)S2)cc1. The second kappa shape index (κ2) is 10.7. The average Bonchev–Trinajstić information content (AvgIpc) is 3.20. The van der Waals surface area contributed by atoms with Crippen molar-refractivity contribution in [1.82, 2.24) is 5.32 Å². The molecule has 1 heterocycles. The van der Waals surface area contributed by atoms with E-state index >= 15 is 0 Å². The van der Waals surface area contributed by atoms with Gasteiger partial charge in [0.1, 0.15) is 11.5 Å². The molecule has 1 fully saturated rings. The van der Waals surface area contributed by atoms with Gasteiger partial charge >= 0.3 is 5.69 Å². The van der Waals surface area contributed by atoms with Gasteiger partial charge in [-0.05, 0) is 72.8 Å². The molecule has 0 spiro atoms. The lowest BCUT2D eigenvalue weighted by Crippen LogP contribution is -2.19. The summed E-state index contributed by atoms with van der Waals surface area (Å²) in [6, 6.07) is 16.8. The van der Waals surface area contributed by atoms with Crippen LogP contribution < -0.4 is 14.8 Å². The summed E-state index contributed by atoms with van der Waals surface area (Å²) in [6.45, 7) is 2.47. The van der Waals surface area contributed by atoms with Crippen molar-refractivity contribution in [2.45, 2.75) is 6.92 Å². The highest BCUT2D eigenvalue weighted by atomic mass is 32.2. The van der Waals surface area contributed by atoms with Gasteiger partial charge in [-0.3, -0.25) is 25.0 Å². The van der Waals surface area contributed by atoms with Crippen molar-refractivity contribution in [2.24, 2.45) is 4.99 Å². The fourth-order valence-corrected chi connectivity index (χ4v) is 3.98. The second-order valence-electron chi connectivity index (χ2n) is 7.25. The molecule has 0 radical (unpaired) electrons. The van der Waals surface area contributed by atoms with Gasteiger partial charge in [-0.25, -0.2) is 4.99 Å². The molecule has 12 heteroatoms. The summed E-state index contributed by atoms with van der Waals surface area (Å²) in [5, 5.41) is 25.3. The van der Waals surface area contributed by atoms with Crippen LogP contribution in [0.1, 0.15) is 12.5 Å². The Morgan fingerprint density at radius 3 is 2.31 bits per heavy atom. The average molecular weight is 506 g/mol. The zero-order chi connectivity index (χ0) is 25.7. The number of carbonyl (C=O) groups is 1. The Kier molecular flexibility index (Phi) is 7.25. The number of nitrogens with zero attached hydrogens (tertiary/aromatic N) is 3. The fraction of sp³-hybridized carbons (Fsp3) is 0.0833. The molecule has 182 valence electrons. The Morgan fingerprint density at radius 2 is 1.67 bits per heavy atom. The number of nitro groups is 2. The standard InChI is InChI=1S/C24H18N4O7S/c1-2-34-18-10-5-16(6-11-18)25-24-26-23(29)22(36-24)13-15-3-8-19(9-4-15)35-21-12-7-17(27(30)31)14-20(21)28(32)33/h3-14H,2H2,1H3,(H,25,26,29). The van der Waals surface area contributed by atoms with Gasteiger partial charge in [0.25, 0.3) is 11.6 Å². The minimum absolute atomic E-state index is 0.127. The van der Waals surface area contributed by atoms with Crippen LogP contribution in [0.5, 0.6) is 17.2 Å². The lowest BCUT2D eigenvalue weighted by Gasteiger charge is -2.06. The number of hydrogen-bond donors (Lipinski definition) is 1. The van der Waals surface area contributed by atoms with Gasteiger partial charge in [0.15, 0.2) is 5.17 Å². The summed E-state index contributed by atoms with van der Waals surface area (Å²) in [5.74, 6) is 0.611. The molecule has 4 rings (SSSR count). The monoisotopic (exact) mass is 506 g/mol. The zero-order valence-corrected chi connectivity index (χ0v) is 19.6. The number of amides is 1. The van der Waals surface area contributed by atoms with E-state index < -0.39 is 21.2 Å². The molecule has 1 aliphatic rings. The predicted octanol–water partition coefficient (Wildman–Crippen LogP) is 5.59. The van der Waals surface area contributed by atoms with E-state index in [9.17, 15) is 25.0 Å². The summed E-state index contributed by atoms with van der Waals surface area (Å²) in [6.07, 6.45) is 1.68. The van der Waals surface area contributed by atoms with Crippen LogP contribution in [0.3, 0.4) is 0 Å². The van der Waals surface area contributed by atoms with Crippen molar-refractivity contribution in [3.63, 3.8) is 0 Å². The van der Waals surface area contributed by atoms with E-state index in [2.05, 4.69) is 10.3 Å². The predicted molar refractivity (Wildman–Crippen MR) is 135 cm³/mol. The molecule has 0 aromatic heterocycles. The molecule has 1 saturated heterocycles. The highest BCUT2D eigenvalue weighted by Gasteiger charge is 2.24. The fourth-order valence-electron chi connectivity index (χ4n) is 3.14. The number of non-ortho nitro benzene ring substituents is 1. The summed E-state index contributed by atoms with van der Waals surface area (Å²) in [4.78, 5) is 38.0. The van der Waals surface area contributed by atoms with Crippen molar-refractivity contribution < 1.29 is 24.1 Å². The third-order valence-corrected chi connectivity index (χ3v) is 5.69. The van der Waals surface area contributed by atoms with E-state index in [4.69, 9.17) is 9.47 Å². The summed E-state index contributed by atoms with van der Waals surface area (Å²) in [7, 11) is 0. The van der Waals surface area contributed by atoms with E-state index in [0.29, 0.717) is 27.9 Å². The van der Waals surface area contributed by atoms with E-state index in [-0.39, 0.29) is 17.4 Å². The van der Waals surface area contributed by atoms with Crippen molar-refractivity contribution in [3.05, 3.63) is 97.4 Å². The van der Waals surface area contributed by atoms with E-state index in [1.54, 1.807) is 54.6 Å². The number of amidine groups is 1. The second-order valence-corrected chi connectivity index (χ2v) is 8.28. The Bertz CT molecular complexity index is 1390. The normalized spacial score (nSPS) is 15.1. The first kappa shape index (κ1) is 24.4. The highest BCUT2D eigenvalue weighted by Crippen LogP contribution is 2.35. The summed E-state index contributed by atoms with van der Waals surface area (Å²) >= 11 is 1.20. The third kappa shape index (κ3) is 5.85. The molecule has 1 N–H and O–H groups in total. The molecular formula is C24H18N4O7S. The lowest BCUT2D eigenvalue weighted by atomic mass is 10.2. The number of ether oxygens (including phenoxy) is 2. The van der Waals surface area contributed by atoms with Gasteiger partial charge in [0, 0.05) is 6.07 Å². The molecule has 0 atom stereocenters. The Morgan fingerprint density at radius 1 is 0.972 bits per heavy atom. The largest absolute Gasteiger partial charge is 0.494 e. The number of thioether (sulfide) groups is 1. The molecule has 36 heavy (non-hydrogen) atoms.